The Bertz CT molecular complexity index is 833. The quantitative estimate of drug-likeness (QED) is 0.332. The molecule has 2 aliphatic heterocycles. The summed E-state index contributed by atoms with van der Waals surface area (Å²) in [7, 11) is 0. The van der Waals surface area contributed by atoms with Gasteiger partial charge in [0.2, 0.25) is 17.8 Å². The van der Waals surface area contributed by atoms with Crippen molar-refractivity contribution in [1.29, 1.82) is 0 Å². The molecule has 10 N–H and O–H groups in total. The number of nitrogens with two attached hydrogens (primary N) is 4. The van der Waals surface area contributed by atoms with Gasteiger partial charge in [0, 0.05) is 55.4 Å². The molecule has 2 saturated heterocycles. The van der Waals surface area contributed by atoms with Crippen LogP contribution in [0.2, 0.25) is 5.02 Å². The zero-order valence-corrected chi connectivity index (χ0v) is 18.0. The van der Waals surface area contributed by atoms with Crippen molar-refractivity contribution in [2.45, 2.75) is 37.0 Å². The number of hydrazine groups is 1. The Hall–Kier alpha value is -2.44. The predicted octanol–water partition coefficient (Wildman–Crippen LogP) is -0.307. The van der Waals surface area contributed by atoms with Crippen LogP contribution in [-0.2, 0) is 0 Å². The highest BCUT2D eigenvalue weighted by atomic mass is 35.5. The van der Waals surface area contributed by atoms with Crippen molar-refractivity contribution in [3.05, 3.63) is 29.3 Å². The molecule has 0 radical (unpaired) electrons. The molecule has 0 aliphatic carbocycles. The van der Waals surface area contributed by atoms with E-state index in [-0.39, 0.29) is 24.2 Å². The lowest BCUT2D eigenvalue weighted by molar-refractivity contribution is 0.441. The molecule has 3 heterocycles. The fraction of sp³-hybridized carbons (Fsp3) is 0.526. The van der Waals surface area contributed by atoms with Gasteiger partial charge in [-0.25, -0.2) is 0 Å². The van der Waals surface area contributed by atoms with Crippen molar-refractivity contribution in [3.8, 4) is 0 Å². The topological polar surface area (TPSA) is 173 Å². The van der Waals surface area contributed by atoms with Crippen molar-refractivity contribution >= 4 is 35.1 Å². The van der Waals surface area contributed by atoms with E-state index in [1.54, 1.807) is 12.1 Å². The highest BCUT2D eigenvalue weighted by Crippen LogP contribution is 2.22. The fourth-order valence-electron chi connectivity index (χ4n) is 4.07. The van der Waals surface area contributed by atoms with Crippen molar-refractivity contribution < 1.29 is 0 Å². The number of anilines is 4. The molecule has 0 amide bonds. The molecule has 4 unspecified atom stereocenters. The molecule has 2 aliphatic rings. The summed E-state index contributed by atoms with van der Waals surface area (Å²) in [6.45, 7) is 2.49. The van der Waals surface area contributed by atoms with Gasteiger partial charge in [0.05, 0.1) is 5.69 Å². The zero-order chi connectivity index (χ0) is 22.0. The summed E-state index contributed by atoms with van der Waals surface area (Å²) in [4.78, 5) is 17.9. The molecule has 11 nitrogen and oxygen atoms in total. The third-order valence-electron chi connectivity index (χ3n) is 5.35. The molecule has 2 aromatic rings. The highest BCUT2D eigenvalue weighted by Gasteiger charge is 2.28. The molecular formula is C19H30ClN11. The Kier molecular flexibility index (Phi) is 6.58. The van der Waals surface area contributed by atoms with E-state index < -0.39 is 0 Å². The second kappa shape index (κ2) is 9.37. The van der Waals surface area contributed by atoms with Crippen molar-refractivity contribution in [2.24, 2.45) is 22.9 Å². The second-order valence-corrected chi connectivity index (χ2v) is 8.78. The van der Waals surface area contributed by atoms with E-state index in [1.165, 1.54) is 0 Å². The van der Waals surface area contributed by atoms with Crippen LogP contribution in [0, 0.1) is 0 Å². The van der Waals surface area contributed by atoms with Crippen molar-refractivity contribution in [1.82, 2.24) is 15.0 Å². The zero-order valence-electron chi connectivity index (χ0n) is 17.3. The van der Waals surface area contributed by atoms with Crippen LogP contribution in [0.25, 0.3) is 0 Å². The molecule has 1 aromatic carbocycles. The van der Waals surface area contributed by atoms with E-state index in [4.69, 9.17) is 39.5 Å². The van der Waals surface area contributed by atoms with Crippen LogP contribution in [0.1, 0.15) is 12.8 Å². The largest absolute Gasteiger partial charge is 0.338 e. The molecular weight excluding hydrogens is 418 g/mol. The number of piperidine rings is 2. The summed E-state index contributed by atoms with van der Waals surface area (Å²) >= 11 is 6.07. The fourth-order valence-corrected chi connectivity index (χ4v) is 4.26. The molecule has 4 atom stereocenters. The first-order valence-electron chi connectivity index (χ1n) is 10.4. The van der Waals surface area contributed by atoms with Gasteiger partial charge in [-0.15, -0.1) is 0 Å². The number of nitrogens with one attached hydrogen (secondary N) is 2. The van der Waals surface area contributed by atoms with Gasteiger partial charge in [-0.2, -0.15) is 15.0 Å². The van der Waals surface area contributed by atoms with E-state index in [0.717, 1.165) is 18.5 Å². The van der Waals surface area contributed by atoms with Gasteiger partial charge in [-0.1, -0.05) is 17.7 Å². The molecule has 0 bridgehead atoms. The average Bonchev–Trinajstić information content (AvgIpc) is 2.71. The third-order valence-corrected chi connectivity index (χ3v) is 5.59. The van der Waals surface area contributed by atoms with Crippen LogP contribution in [0.15, 0.2) is 24.3 Å². The summed E-state index contributed by atoms with van der Waals surface area (Å²) < 4.78 is 0. The molecule has 168 valence electrons. The monoisotopic (exact) mass is 447 g/mol. The minimum Gasteiger partial charge on any atom is -0.338 e. The van der Waals surface area contributed by atoms with Gasteiger partial charge in [-0.05, 0) is 31.0 Å². The van der Waals surface area contributed by atoms with Gasteiger partial charge in [0.15, 0.2) is 0 Å². The Morgan fingerprint density at radius 1 is 0.774 bits per heavy atom. The van der Waals surface area contributed by atoms with Gasteiger partial charge >= 0.3 is 0 Å². The number of hydrogen-bond donors (Lipinski definition) is 6. The number of aromatic nitrogens is 3. The van der Waals surface area contributed by atoms with E-state index in [0.29, 0.717) is 49.0 Å². The summed E-state index contributed by atoms with van der Waals surface area (Å²) in [6.07, 6.45) is 1.54. The summed E-state index contributed by atoms with van der Waals surface area (Å²) in [5, 5.41) is 0.622. The average molecular weight is 448 g/mol. The van der Waals surface area contributed by atoms with Crippen molar-refractivity contribution in [3.63, 3.8) is 0 Å². The standard InChI is InChI=1S/C19H30ClN11/c20-11-2-1-3-16(4-11)28-29-17-25-18(30-7-12(21)5-13(22)8-30)27-19(26-17)31-9-14(23)6-15(24)10-31/h1-4,12-15,28H,5-10,21-24H2,(H,25,26,27,29). The minimum absolute atomic E-state index is 0.0400. The lowest BCUT2D eigenvalue weighted by Crippen LogP contribution is -2.54. The van der Waals surface area contributed by atoms with Crippen LogP contribution >= 0.6 is 11.6 Å². The normalized spacial score (nSPS) is 26.6. The van der Waals surface area contributed by atoms with E-state index in [1.807, 2.05) is 21.9 Å². The molecule has 1 aromatic heterocycles. The summed E-state index contributed by atoms with van der Waals surface area (Å²) in [6, 6.07) is 7.17. The van der Waals surface area contributed by atoms with Gasteiger partial charge < -0.3 is 32.7 Å². The first kappa shape index (κ1) is 21.8. The molecule has 0 spiro atoms. The van der Waals surface area contributed by atoms with Crippen molar-refractivity contribution in [2.75, 3.05) is 46.8 Å². The van der Waals surface area contributed by atoms with Crippen LogP contribution in [-0.4, -0.2) is 65.3 Å². The maximum atomic E-state index is 6.18. The number of rotatable bonds is 5. The third kappa shape index (κ3) is 5.63. The number of hydrogen-bond acceptors (Lipinski definition) is 11. The Balaban J connectivity index is 1.61. The van der Waals surface area contributed by atoms with E-state index >= 15 is 0 Å². The van der Waals surface area contributed by atoms with E-state index in [2.05, 4.69) is 20.8 Å². The van der Waals surface area contributed by atoms with Gasteiger partial charge in [0.1, 0.15) is 0 Å². The molecule has 31 heavy (non-hydrogen) atoms. The first-order chi connectivity index (χ1) is 14.9. The predicted molar refractivity (Wildman–Crippen MR) is 124 cm³/mol. The Morgan fingerprint density at radius 2 is 1.29 bits per heavy atom. The van der Waals surface area contributed by atoms with Gasteiger partial charge in [-0.3, -0.25) is 10.9 Å². The second-order valence-electron chi connectivity index (χ2n) is 8.34. The summed E-state index contributed by atoms with van der Waals surface area (Å²) in [5.74, 6) is 1.39. The maximum Gasteiger partial charge on any atom is 0.248 e. The van der Waals surface area contributed by atoms with Crippen LogP contribution in [0.3, 0.4) is 0 Å². The number of nitrogens with zero attached hydrogens (tertiary/aromatic N) is 5. The van der Waals surface area contributed by atoms with Crippen LogP contribution in [0.5, 0.6) is 0 Å². The Morgan fingerprint density at radius 3 is 1.77 bits per heavy atom. The van der Waals surface area contributed by atoms with E-state index in [9.17, 15) is 0 Å². The maximum absolute atomic E-state index is 6.18. The lowest BCUT2D eigenvalue weighted by atomic mass is 10.0. The highest BCUT2D eigenvalue weighted by molar-refractivity contribution is 6.30. The molecule has 12 heteroatoms. The lowest BCUT2D eigenvalue weighted by Gasteiger charge is -2.37. The minimum atomic E-state index is -0.0400. The van der Waals surface area contributed by atoms with Crippen LogP contribution < -0.4 is 43.6 Å². The van der Waals surface area contributed by atoms with Gasteiger partial charge in [0.25, 0.3) is 0 Å². The number of halogens is 1. The SMILES string of the molecule is NC1CC(N)CN(c2nc(NNc3cccc(Cl)c3)nc(N3CC(N)CC(N)C3)n2)C1. The summed E-state index contributed by atoms with van der Waals surface area (Å²) in [5.41, 5.74) is 31.6. The Labute approximate surface area is 186 Å². The smallest absolute Gasteiger partial charge is 0.248 e. The van der Waals surface area contributed by atoms with Crippen LogP contribution in [0.4, 0.5) is 23.5 Å². The number of benzene rings is 1. The molecule has 4 rings (SSSR count). The first-order valence-corrected chi connectivity index (χ1v) is 10.8. The molecule has 2 fully saturated rings. The molecule has 0 saturated carbocycles.